The number of ether oxygens (including phenoxy) is 1. The Hall–Kier alpha value is -1.91. The van der Waals surface area contributed by atoms with E-state index in [4.69, 9.17) is 9.84 Å². The molecule has 4 heteroatoms. The van der Waals surface area contributed by atoms with Gasteiger partial charge in [0, 0.05) is 25.9 Å². The second kappa shape index (κ2) is 15.0. The van der Waals surface area contributed by atoms with Crippen molar-refractivity contribution >= 4 is 0 Å². The van der Waals surface area contributed by atoms with E-state index in [1.807, 2.05) is 33.9 Å². The average molecular weight is 432 g/mol. The minimum atomic E-state index is -0.200. The summed E-state index contributed by atoms with van der Waals surface area (Å²) in [7, 11) is 1.98. The van der Waals surface area contributed by atoms with Crippen LogP contribution in [0, 0.1) is 11.7 Å². The lowest BCUT2D eigenvalue weighted by Gasteiger charge is -2.21. The molecule has 0 bridgehead atoms. The average Bonchev–Trinajstić information content (AvgIpc) is 3.20. The molecular formula is C27H42FNO2. The summed E-state index contributed by atoms with van der Waals surface area (Å²) in [5.41, 5.74) is 3.56. The SMILES string of the molecule is C/C=C\CC(Cc1ccc(F)cc1CC1=CCC(CN(C)CCO)O1)/C(C)=C\C.CC. The van der Waals surface area contributed by atoms with Crippen LogP contribution in [0.25, 0.3) is 0 Å². The molecule has 1 heterocycles. The number of hydrogen-bond donors (Lipinski definition) is 1. The van der Waals surface area contributed by atoms with Crippen molar-refractivity contribution in [1.82, 2.24) is 4.90 Å². The summed E-state index contributed by atoms with van der Waals surface area (Å²) in [6.07, 6.45) is 12.1. The molecule has 1 aliphatic heterocycles. The van der Waals surface area contributed by atoms with E-state index in [2.05, 4.69) is 43.1 Å². The summed E-state index contributed by atoms with van der Waals surface area (Å²) >= 11 is 0. The fourth-order valence-electron chi connectivity index (χ4n) is 3.79. The van der Waals surface area contributed by atoms with E-state index in [1.165, 1.54) is 11.1 Å². The van der Waals surface area contributed by atoms with E-state index in [1.54, 1.807) is 12.1 Å². The van der Waals surface area contributed by atoms with Gasteiger partial charge in [0.05, 0.1) is 12.4 Å². The lowest BCUT2D eigenvalue weighted by molar-refractivity contribution is 0.0952. The fourth-order valence-corrected chi connectivity index (χ4v) is 3.79. The van der Waals surface area contributed by atoms with Crippen molar-refractivity contribution in [2.24, 2.45) is 5.92 Å². The first-order valence-corrected chi connectivity index (χ1v) is 11.6. The van der Waals surface area contributed by atoms with Gasteiger partial charge in [-0.05, 0) is 75.9 Å². The van der Waals surface area contributed by atoms with Crippen LogP contribution in [0.2, 0.25) is 0 Å². The van der Waals surface area contributed by atoms with Gasteiger partial charge < -0.3 is 14.7 Å². The van der Waals surface area contributed by atoms with Crippen LogP contribution in [0.1, 0.15) is 58.6 Å². The van der Waals surface area contributed by atoms with E-state index in [0.29, 0.717) is 18.9 Å². The molecule has 1 aliphatic rings. The van der Waals surface area contributed by atoms with Crippen LogP contribution < -0.4 is 0 Å². The van der Waals surface area contributed by atoms with Crippen molar-refractivity contribution in [2.45, 2.75) is 66.4 Å². The zero-order chi connectivity index (χ0) is 23.2. The quantitative estimate of drug-likeness (QED) is 0.431. The number of rotatable bonds is 11. The highest BCUT2D eigenvalue weighted by Gasteiger charge is 2.21. The first-order valence-electron chi connectivity index (χ1n) is 11.6. The maximum Gasteiger partial charge on any atom is 0.123 e. The highest BCUT2D eigenvalue weighted by molar-refractivity contribution is 5.33. The Balaban J connectivity index is 0.00000233. The molecule has 0 spiro atoms. The van der Waals surface area contributed by atoms with Crippen LogP contribution in [0.15, 0.2) is 53.8 Å². The molecule has 0 fully saturated rings. The van der Waals surface area contributed by atoms with E-state index in [9.17, 15) is 4.39 Å². The van der Waals surface area contributed by atoms with E-state index >= 15 is 0 Å². The maximum absolute atomic E-state index is 14.0. The molecule has 2 rings (SSSR count). The summed E-state index contributed by atoms with van der Waals surface area (Å²) in [6, 6.07) is 5.15. The largest absolute Gasteiger partial charge is 0.493 e. The third kappa shape index (κ3) is 9.40. The molecule has 0 saturated carbocycles. The predicted octanol–water partition coefficient (Wildman–Crippen LogP) is 6.08. The van der Waals surface area contributed by atoms with Gasteiger partial charge in [0.15, 0.2) is 0 Å². The number of halogens is 1. The van der Waals surface area contributed by atoms with Crippen LogP contribution in [0.4, 0.5) is 4.39 Å². The number of allylic oxidation sites excluding steroid dienone is 5. The van der Waals surface area contributed by atoms with E-state index < -0.39 is 0 Å². The van der Waals surface area contributed by atoms with Gasteiger partial charge in [-0.15, -0.1) is 0 Å². The zero-order valence-electron chi connectivity index (χ0n) is 20.3. The maximum atomic E-state index is 14.0. The van der Waals surface area contributed by atoms with Crippen LogP contribution in [0.5, 0.6) is 0 Å². The number of benzene rings is 1. The van der Waals surface area contributed by atoms with Crippen LogP contribution in [-0.2, 0) is 17.6 Å². The van der Waals surface area contributed by atoms with Crippen molar-refractivity contribution < 1.29 is 14.2 Å². The first kappa shape index (κ1) is 27.1. The molecule has 31 heavy (non-hydrogen) atoms. The molecule has 0 aromatic heterocycles. The summed E-state index contributed by atoms with van der Waals surface area (Å²) in [6.45, 7) is 11.9. The summed E-state index contributed by atoms with van der Waals surface area (Å²) in [5, 5.41) is 9.06. The Morgan fingerprint density at radius 3 is 2.68 bits per heavy atom. The normalized spacial score (nSPS) is 17.4. The van der Waals surface area contributed by atoms with Gasteiger partial charge in [0.1, 0.15) is 11.9 Å². The van der Waals surface area contributed by atoms with Gasteiger partial charge in [0.2, 0.25) is 0 Å². The molecule has 0 aliphatic carbocycles. The highest BCUT2D eigenvalue weighted by Crippen LogP contribution is 2.27. The molecular weight excluding hydrogens is 389 g/mol. The van der Waals surface area contributed by atoms with E-state index in [0.717, 1.165) is 37.1 Å². The van der Waals surface area contributed by atoms with Crippen LogP contribution in [0.3, 0.4) is 0 Å². The molecule has 0 saturated heterocycles. The minimum absolute atomic E-state index is 0.103. The van der Waals surface area contributed by atoms with Gasteiger partial charge in [0.25, 0.3) is 0 Å². The Bertz CT molecular complexity index is 739. The van der Waals surface area contributed by atoms with Crippen molar-refractivity contribution in [3.63, 3.8) is 0 Å². The molecule has 1 aromatic rings. The van der Waals surface area contributed by atoms with Crippen molar-refractivity contribution in [3.8, 4) is 0 Å². The fraction of sp³-hybridized carbons (Fsp3) is 0.556. The van der Waals surface area contributed by atoms with Gasteiger partial charge in [-0.2, -0.15) is 0 Å². The molecule has 0 radical (unpaired) electrons. The number of nitrogens with zero attached hydrogens (tertiary/aromatic N) is 1. The predicted molar refractivity (Wildman–Crippen MR) is 130 cm³/mol. The summed E-state index contributed by atoms with van der Waals surface area (Å²) in [5.74, 6) is 1.14. The lowest BCUT2D eigenvalue weighted by Crippen LogP contribution is -2.31. The van der Waals surface area contributed by atoms with Gasteiger partial charge in [-0.3, -0.25) is 0 Å². The summed E-state index contributed by atoms with van der Waals surface area (Å²) < 4.78 is 20.1. The number of aliphatic hydroxyl groups is 1. The van der Waals surface area contributed by atoms with Gasteiger partial charge in [-0.25, -0.2) is 4.39 Å². The molecule has 1 aromatic carbocycles. The Kier molecular flexibility index (Phi) is 13.1. The molecule has 1 N–H and O–H groups in total. The Morgan fingerprint density at radius 2 is 2.03 bits per heavy atom. The smallest absolute Gasteiger partial charge is 0.123 e. The molecule has 0 amide bonds. The topological polar surface area (TPSA) is 32.7 Å². The minimum Gasteiger partial charge on any atom is -0.493 e. The molecule has 3 nitrogen and oxygen atoms in total. The van der Waals surface area contributed by atoms with Gasteiger partial charge in [-0.1, -0.05) is 43.7 Å². The van der Waals surface area contributed by atoms with Crippen molar-refractivity contribution in [2.75, 3.05) is 26.7 Å². The van der Waals surface area contributed by atoms with Crippen LogP contribution >= 0.6 is 0 Å². The Labute approximate surface area is 189 Å². The zero-order valence-corrected chi connectivity index (χ0v) is 20.3. The second-order valence-electron chi connectivity index (χ2n) is 7.96. The van der Waals surface area contributed by atoms with Gasteiger partial charge >= 0.3 is 0 Å². The standard InChI is InChI=1S/C25H36FNO2.C2H6/c1-5-7-8-20(19(3)6-2)15-21-9-10-23(26)16-22(21)17-24-11-12-25(29-24)18-27(4)13-14-28;1-2/h5-7,9-11,16,20,25,28H,8,12-15,17-18H2,1-4H3;1-2H3/b7-5-,19-6-;. The van der Waals surface area contributed by atoms with Crippen molar-refractivity contribution in [1.29, 1.82) is 0 Å². The highest BCUT2D eigenvalue weighted by atomic mass is 19.1. The molecule has 2 unspecified atom stereocenters. The third-order valence-corrected chi connectivity index (χ3v) is 5.68. The Morgan fingerprint density at radius 1 is 1.29 bits per heavy atom. The second-order valence-corrected chi connectivity index (χ2v) is 7.96. The number of likely N-dealkylation sites (N-methyl/N-ethyl adjacent to an activating group) is 1. The monoisotopic (exact) mass is 431 g/mol. The third-order valence-electron chi connectivity index (χ3n) is 5.68. The number of hydrogen-bond acceptors (Lipinski definition) is 3. The lowest BCUT2D eigenvalue weighted by atomic mass is 9.87. The van der Waals surface area contributed by atoms with E-state index in [-0.39, 0.29) is 18.5 Å². The summed E-state index contributed by atoms with van der Waals surface area (Å²) in [4.78, 5) is 2.07. The molecule has 174 valence electrons. The van der Waals surface area contributed by atoms with Crippen molar-refractivity contribution in [3.05, 3.63) is 70.8 Å². The number of aliphatic hydroxyl groups excluding tert-OH is 1. The molecule has 2 atom stereocenters. The van der Waals surface area contributed by atoms with Crippen LogP contribution in [-0.4, -0.2) is 42.9 Å². The first-order chi connectivity index (χ1) is 15.0.